The van der Waals surface area contributed by atoms with Gasteiger partial charge in [0, 0.05) is 11.3 Å². The fraction of sp³-hybridized carbons (Fsp3) is 0.483. The largest absolute Gasteiger partial charge is 0.253 e. The lowest BCUT2D eigenvalue weighted by atomic mass is 9.85. The first-order valence-corrected chi connectivity index (χ1v) is 11.7. The number of hydrogen-bond acceptors (Lipinski definition) is 1. The topological polar surface area (TPSA) is 12.4 Å². The van der Waals surface area contributed by atoms with Gasteiger partial charge in [-0.1, -0.05) is 97.4 Å². The highest BCUT2D eigenvalue weighted by atomic mass is 19.1. The first kappa shape index (κ1) is 25.0. The minimum Gasteiger partial charge on any atom is -0.253 e. The molecule has 2 heteroatoms. The first-order valence-electron chi connectivity index (χ1n) is 11.7. The van der Waals surface area contributed by atoms with Gasteiger partial charge in [-0.15, -0.1) is 0 Å². The second kappa shape index (κ2) is 10.9. The zero-order valence-electron chi connectivity index (χ0n) is 20.6. The van der Waals surface area contributed by atoms with Crippen molar-refractivity contribution in [1.82, 2.24) is 0 Å². The molecule has 0 fully saturated rings. The van der Waals surface area contributed by atoms with Gasteiger partial charge in [0.25, 0.3) is 0 Å². The zero-order chi connectivity index (χ0) is 23.2. The van der Waals surface area contributed by atoms with Crippen molar-refractivity contribution in [2.24, 2.45) is 16.3 Å². The second-order valence-corrected chi connectivity index (χ2v) is 10.0. The van der Waals surface area contributed by atoms with E-state index in [0.717, 1.165) is 47.4 Å². The quantitative estimate of drug-likeness (QED) is 0.293. The number of hydrogen-bond donors (Lipinski definition) is 0. The first-order chi connectivity index (χ1) is 14.5. The van der Waals surface area contributed by atoms with Crippen LogP contribution in [0.25, 0.3) is 5.57 Å². The smallest absolute Gasteiger partial charge is 0.133 e. The molecule has 0 spiro atoms. The van der Waals surface area contributed by atoms with Crippen LogP contribution in [0, 0.1) is 24.1 Å². The van der Waals surface area contributed by atoms with Crippen LogP contribution in [-0.2, 0) is 0 Å². The van der Waals surface area contributed by atoms with E-state index in [2.05, 4.69) is 66.3 Å². The second-order valence-electron chi connectivity index (χ2n) is 10.0. The number of rotatable bonds is 8. The molecular formula is C29H40FN. The minimum absolute atomic E-state index is 0.00253. The molecule has 1 aromatic rings. The van der Waals surface area contributed by atoms with Gasteiger partial charge in [0.2, 0.25) is 0 Å². The summed E-state index contributed by atoms with van der Waals surface area (Å²) in [6, 6.07) is 5.65. The predicted octanol–water partition coefficient (Wildman–Crippen LogP) is 9.01. The van der Waals surface area contributed by atoms with Crippen LogP contribution >= 0.6 is 0 Å². The molecule has 0 radical (unpaired) electrons. The molecule has 2 rings (SSSR count). The summed E-state index contributed by atoms with van der Waals surface area (Å²) in [5, 5.41) is 0. The molecule has 0 saturated heterocycles. The van der Waals surface area contributed by atoms with E-state index in [9.17, 15) is 0 Å². The van der Waals surface area contributed by atoms with E-state index in [1.165, 1.54) is 12.8 Å². The molecule has 0 atom stereocenters. The van der Waals surface area contributed by atoms with Crippen LogP contribution in [0.1, 0.15) is 84.8 Å². The molecule has 1 aliphatic heterocycles. The summed E-state index contributed by atoms with van der Waals surface area (Å²) in [7, 11) is 0. The number of halogens is 1. The molecule has 0 aliphatic carbocycles. The number of nitrogens with zero attached hydrogens (tertiary/aromatic N) is 1. The third kappa shape index (κ3) is 6.89. The molecule has 0 bridgehead atoms. The molecule has 0 unspecified atom stereocenters. The Kier molecular flexibility index (Phi) is 8.79. The maximum Gasteiger partial charge on any atom is 0.133 e. The normalized spacial score (nSPS) is 16.0. The van der Waals surface area contributed by atoms with Gasteiger partial charge < -0.3 is 0 Å². The zero-order valence-corrected chi connectivity index (χ0v) is 20.6. The van der Waals surface area contributed by atoms with E-state index in [1.807, 2.05) is 25.1 Å². The number of allylic oxidation sites excluding steroid dienone is 6. The summed E-state index contributed by atoms with van der Waals surface area (Å²) in [5.74, 6) is 0.0555. The van der Waals surface area contributed by atoms with Crippen LogP contribution in [0.2, 0.25) is 0 Å². The monoisotopic (exact) mass is 421 g/mol. The Bertz CT molecular complexity index is 917. The molecule has 1 nitrogen and oxygen atoms in total. The SMILES string of the molecule is C=C1CC=C(C(=C(C=CC(C)(C)C)c2cccc(C)c2F)C(C)C)N=C1CCCCC. The van der Waals surface area contributed by atoms with Gasteiger partial charge in [0.05, 0.1) is 5.70 Å². The van der Waals surface area contributed by atoms with Gasteiger partial charge in [0.1, 0.15) is 5.82 Å². The Labute approximate surface area is 189 Å². The summed E-state index contributed by atoms with van der Waals surface area (Å²) in [6.07, 6.45) is 11.7. The molecule has 0 aromatic heterocycles. The lowest BCUT2D eigenvalue weighted by molar-refractivity contribution is 0.544. The Hall–Kier alpha value is -2.22. The van der Waals surface area contributed by atoms with Gasteiger partial charge in [-0.2, -0.15) is 0 Å². The molecular weight excluding hydrogens is 381 g/mol. The van der Waals surface area contributed by atoms with Crippen LogP contribution in [0.5, 0.6) is 0 Å². The Morgan fingerprint density at radius 3 is 2.55 bits per heavy atom. The van der Waals surface area contributed by atoms with Gasteiger partial charge in [-0.25, -0.2) is 4.39 Å². The minimum atomic E-state index is -0.151. The van der Waals surface area contributed by atoms with E-state index >= 15 is 4.39 Å². The van der Waals surface area contributed by atoms with Crippen molar-refractivity contribution in [2.75, 3.05) is 0 Å². The van der Waals surface area contributed by atoms with Gasteiger partial charge in [0.15, 0.2) is 0 Å². The molecule has 1 heterocycles. The van der Waals surface area contributed by atoms with E-state index < -0.39 is 0 Å². The molecule has 31 heavy (non-hydrogen) atoms. The highest BCUT2D eigenvalue weighted by Gasteiger charge is 2.22. The number of aliphatic imine (C=N–C) groups is 1. The molecule has 1 aromatic carbocycles. The summed E-state index contributed by atoms with van der Waals surface area (Å²) >= 11 is 0. The summed E-state index contributed by atoms with van der Waals surface area (Å²) < 4.78 is 15.3. The number of aryl methyl sites for hydroxylation is 1. The molecule has 1 aliphatic rings. The Morgan fingerprint density at radius 1 is 1.23 bits per heavy atom. The average molecular weight is 422 g/mol. The van der Waals surface area contributed by atoms with Crippen LogP contribution < -0.4 is 0 Å². The summed E-state index contributed by atoms with van der Waals surface area (Å²) in [5.41, 5.74) is 6.53. The maximum absolute atomic E-state index is 15.3. The number of benzene rings is 1. The lowest BCUT2D eigenvalue weighted by Crippen LogP contribution is -2.11. The third-order valence-electron chi connectivity index (χ3n) is 5.60. The van der Waals surface area contributed by atoms with Crippen LogP contribution in [0.3, 0.4) is 0 Å². The number of unbranched alkanes of at least 4 members (excludes halogenated alkanes) is 2. The van der Waals surface area contributed by atoms with Crippen molar-refractivity contribution in [2.45, 2.75) is 80.6 Å². The third-order valence-corrected chi connectivity index (χ3v) is 5.60. The Balaban J connectivity index is 2.69. The van der Waals surface area contributed by atoms with Crippen molar-refractivity contribution in [1.29, 1.82) is 0 Å². The van der Waals surface area contributed by atoms with Crippen LogP contribution in [-0.4, -0.2) is 5.71 Å². The average Bonchev–Trinajstić information content (AvgIpc) is 2.68. The molecule has 168 valence electrons. The molecule has 0 saturated carbocycles. The highest BCUT2D eigenvalue weighted by Crippen LogP contribution is 2.36. The molecule has 0 N–H and O–H groups in total. The fourth-order valence-electron chi connectivity index (χ4n) is 3.81. The van der Waals surface area contributed by atoms with Crippen LogP contribution in [0.4, 0.5) is 4.39 Å². The van der Waals surface area contributed by atoms with Gasteiger partial charge >= 0.3 is 0 Å². The fourth-order valence-corrected chi connectivity index (χ4v) is 3.81. The predicted molar refractivity (Wildman–Crippen MR) is 135 cm³/mol. The van der Waals surface area contributed by atoms with Gasteiger partial charge in [-0.05, 0) is 59.8 Å². The van der Waals surface area contributed by atoms with Crippen molar-refractivity contribution >= 4 is 11.3 Å². The van der Waals surface area contributed by atoms with E-state index in [0.29, 0.717) is 11.1 Å². The lowest BCUT2D eigenvalue weighted by Gasteiger charge is -2.23. The van der Waals surface area contributed by atoms with Crippen molar-refractivity contribution < 1.29 is 4.39 Å². The van der Waals surface area contributed by atoms with E-state index in [4.69, 9.17) is 4.99 Å². The maximum atomic E-state index is 15.3. The van der Waals surface area contributed by atoms with Crippen molar-refractivity contribution in [3.8, 4) is 0 Å². The van der Waals surface area contributed by atoms with E-state index in [1.54, 1.807) is 0 Å². The van der Waals surface area contributed by atoms with Crippen molar-refractivity contribution in [3.05, 3.63) is 76.8 Å². The van der Waals surface area contributed by atoms with E-state index in [-0.39, 0.29) is 17.2 Å². The Morgan fingerprint density at radius 2 is 1.94 bits per heavy atom. The highest BCUT2D eigenvalue weighted by molar-refractivity contribution is 6.02. The van der Waals surface area contributed by atoms with Crippen molar-refractivity contribution in [3.63, 3.8) is 0 Å². The summed E-state index contributed by atoms with van der Waals surface area (Å²) in [4.78, 5) is 5.06. The summed E-state index contributed by atoms with van der Waals surface area (Å²) in [6.45, 7) is 19.1. The standard InChI is InChI=1S/C29H40FN/c1-9-10-11-15-25-21(4)16-17-26(31-25)27(20(2)3)23(18-19-29(6,7)8)24-14-12-13-22(5)28(24)30/h12-14,17-20H,4,9-11,15-16H2,1-3,5-8H3. The van der Waals surface area contributed by atoms with Crippen LogP contribution in [0.15, 0.2) is 64.8 Å². The molecule has 0 amide bonds. The van der Waals surface area contributed by atoms with Gasteiger partial charge in [-0.3, -0.25) is 4.99 Å².